The number of hydrogen-bond acceptors (Lipinski definition) is 3. The van der Waals surface area contributed by atoms with Crippen LogP contribution in [0.25, 0.3) is 10.9 Å². The molecule has 152 valence electrons. The second-order valence-corrected chi connectivity index (χ2v) is 7.75. The van der Waals surface area contributed by atoms with E-state index in [1.54, 1.807) is 7.11 Å². The Hall–Kier alpha value is -2.79. The second kappa shape index (κ2) is 8.29. The van der Waals surface area contributed by atoms with Gasteiger partial charge in [-0.2, -0.15) is 0 Å². The van der Waals surface area contributed by atoms with E-state index in [0.29, 0.717) is 18.3 Å². The molecule has 2 atom stereocenters. The van der Waals surface area contributed by atoms with E-state index in [1.165, 1.54) is 5.56 Å². The highest BCUT2D eigenvalue weighted by molar-refractivity contribution is 5.98. The number of methoxy groups -OCH3 is 1. The minimum absolute atomic E-state index is 0.0712. The summed E-state index contributed by atoms with van der Waals surface area (Å²) in [6, 6.07) is 19.0. The van der Waals surface area contributed by atoms with Gasteiger partial charge < -0.3 is 14.6 Å². The van der Waals surface area contributed by atoms with Crippen LogP contribution >= 0.6 is 0 Å². The average Bonchev–Trinajstić information content (AvgIpc) is 3.41. The quantitative estimate of drug-likeness (QED) is 0.674. The van der Waals surface area contributed by atoms with Crippen molar-refractivity contribution in [2.75, 3.05) is 26.7 Å². The molecule has 0 radical (unpaired) electrons. The second-order valence-electron chi connectivity index (χ2n) is 7.75. The molecule has 0 saturated carbocycles. The maximum Gasteiger partial charge on any atom is 0.270 e. The molecule has 4 rings (SSSR count). The number of nitrogens with one attached hydrogen (secondary N) is 1. The van der Waals surface area contributed by atoms with Gasteiger partial charge in [0, 0.05) is 48.7 Å². The molecule has 1 aliphatic rings. The van der Waals surface area contributed by atoms with E-state index in [-0.39, 0.29) is 11.9 Å². The molecule has 29 heavy (non-hydrogen) atoms. The van der Waals surface area contributed by atoms with Crippen LogP contribution in [0.15, 0.2) is 54.6 Å². The number of carbonyl (C=O) groups excluding carboxylic acids is 1. The number of hydrogen-bond donors (Lipinski definition) is 1. The largest absolute Gasteiger partial charge is 0.497 e. The predicted molar refractivity (Wildman–Crippen MR) is 116 cm³/mol. The summed E-state index contributed by atoms with van der Waals surface area (Å²) in [5.74, 6) is 0.855. The lowest BCUT2D eigenvalue weighted by atomic mass is 10.1. The standard InChI is InChI=1S/C24H29N3O2/c1-4-27(20-12-13-26(16-20)17(2)18-8-6-5-7-9-18)24(28)23-14-19-10-11-21(29-3)15-22(19)25-23/h5-11,14-15,17,20,25H,4,12-13,16H2,1-3H3/t17-,20+/m1/s1. The lowest BCUT2D eigenvalue weighted by molar-refractivity contribution is 0.0684. The van der Waals surface area contributed by atoms with Crippen molar-refractivity contribution in [2.24, 2.45) is 0 Å². The summed E-state index contributed by atoms with van der Waals surface area (Å²) in [4.78, 5) is 21.1. The average molecular weight is 392 g/mol. The number of aromatic nitrogens is 1. The summed E-state index contributed by atoms with van der Waals surface area (Å²) in [6.45, 7) is 6.93. The number of likely N-dealkylation sites (N-methyl/N-ethyl adjacent to an activating group) is 1. The van der Waals surface area contributed by atoms with E-state index in [2.05, 4.69) is 54.1 Å². The Bertz CT molecular complexity index is 982. The third-order valence-corrected chi connectivity index (χ3v) is 6.13. The van der Waals surface area contributed by atoms with Crippen molar-refractivity contribution < 1.29 is 9.53 Å². The van der Waals surface area contributed by atoms with Crippen molar-refractivity contribution in [1.82, 2.24) is 14.8 Å². The van der Waals surface area contributed by atoms with Crippen LogP contribution < -0.4 is 4.74 Å². The molecule has 1 saturated heterocycles. The van der Waals surface area contributed by atoms with Gasteiger partial charge in [-0.25, -0.2) is 0 Å². The number of ether oxygens (including phenoxy) is 1. The fourth-order valence-electron chi connectivity index (χ4n) is 4.39. The van der Waals surface area contributed by atoms with Gasteiger partial charge in [-0.3, -0.25) is 9.69 Å². The molecule has 1 amide bonds. The number of nitrogens with zero attached hydrogens (tertiary/aromatic N) is 2. The maximum atomic E-state index is 13.3. The topological polar surface area (TPSA) is 48.6 Å². The lowest BCUT2D eigenvalue weighted by Gasteiger charge is -2.29. The molecule has 1 aromatic heterocycles. The summed E-state index contributed by atoms with van der Waals surface area (Å²) in [7, 11) is 1.65. The van der Waals surface area contributed by atoms with Crippen molar-refractivity contribution in [2.45, 2.75) is 32.4 Å². The number of likely N-dealkylation sites (tertiary alicyclic amines) is 1. The summed E-state index contributed by atoms with van der Waals surface area (Å²) in [5, 5.41) is 1.02. The molecule has 0 unspecified atom stereocenters. The molecule has 0 spiro atoms. The zero-order chi connectivity index (χ0) is 20.4. The van der Waals surface area contributed by atoms with Crippen LogP contribution in [0.3, 0.4) is 0 Å². The van der Waals surface area contributed by atoms with Crippen LogP contribution in [-0.4, -0.2) is 53.5 Å². The van der Waals surface area contributed by atoms with E-state index < -0.39 is 0 Å². The Morgan fingerprint density at radius 2 is 2.03 bits per heavy atom. The monoisotopic (exact) mass is 391 g/mol. The predicted octanol–water partition coefficient (Wildman–Crippen LogP) is 4.47. The molecule has 2 heterocycles. The van der Waals surface area contributed by atoms with Crippen LogP contribution in [0.1, 0.15) is 42.4 Å². The highest BCUT2D eigenvalue weighted by Gasteiger charge is 2.33. The Balaban J connectivity index is 1.49. The first-order valence-corrected chi connectivity index (χ1v) is 10.4. The van der Waals surface area contributed by atoms with Crippen molar-refractivity contribution >= 4 is 16.8 Å². The van der Waals surface area contributed by atoms with Gasteiger partial charge in [-0.15, -0.1) is 0 Å². The van der Waals surface area contributed by atoms with Gasteiger partial charge in [0.25, 0.3) is 5.91 Å². The Labute approximate surface area is 172 Å². The molecule has 2 aromatic carbocycles. The van der Waals surface area contributed by atoms with Gasteiger partial charge in [-0.1, -0.05) is 30.3 Å². The fraction of sp³-hybridized carbons (Fsp3) is 0.375. The highest BCUT2D eigenvalue weighted by Crippen LogP contribution is 2.28. The van der Waals surface area contributed by atoms with Gasteiger partial charge in [0.2, 0.25) is 0 Å². The molecule has 1 N–H and O–H groups in total. The Kier molecular flexibility index (Phi) is 5.58. The Morgan fingerprint density at radius 1 is 1.24 bits per heavy atom. The summed E-state index contributed by atoms with van der Waals surface area (Å²) in [6.07, 6.45) is 1.00. The maximum absolute atomic E-state index is 13.3. The molecule has 0 bridgehead atoms. The zero-order valence-electron chi connectivity index (χ0n) is 17.4. The van der Waals surface area contributed by atoms with Crippen molar-refractivity contribution in [3.05, 3.63) is 65.9 Å². The van der Waals surface area contributed by atoms with Gasteiger partial charge >= 0.3 is 0 Å². The summed E-state index contributed by atoms with van der Waals surface area (Å²) < 4.78 is 5.29. The van der Waals surface area contributed by atoms with Crippen LogP contribution in [-0.2, 0) is 0 Å². The van der Waals surface area contributed by atoms with E-state index in [0.717, 1.165) is 36.2 Å². The first kappa shape index (κ1) is 19.5. The fourth-order valence-corrected chi connectivity index (χ4v) is 4.39. The van der Waals surface area contributed by atoms with Gasteiger partial charge in [0.15, 0.2) is 0 Å². The van der Waals surface area contributed by atoms with Crippen molar-refractivity contribution in [1.29, 1.82) is 0 Å². The van der Waals surface area contributed by atoms with Crippen LogP contribution in [0.2, 0.25) is 0 Å². The zero-order valence-corrected chi connectivity index (χ0v) is 17.4. The molecule has 1 fully saturated rings. The van der Waals surface area contributed by atoms with Gasteiger partial charge in [0.1, 0.15) is 11.4 Å². The van der Waals surface area contributed by atoms with Crippen LogP contribution in [0.5, 0.6) is 5.75 Å². The third-order valence-electron chi connectivity index (χ3n) is 6.13. The third kappa shape index (κ3) is 3.87. The summed E-state index contributed by atoms with van der Waals surface area (Å²) >= 11 is 0. The van der Waals surface area contributed by atoms with Crippen molar-refractivity contribution in [3.63, 3.8) is 0 Å². The first-order valence-electron chi connectivity index (χ1n) is 10.4. The lowest BCUT2D eigenvalue weighted by Crippen LogP contribution is -2.42. The van der Waals surface area contributed by atoms with Crippen LogP contribution in [0, 0.1) is 0 Å². The number of amides is 1. The summed E-state index contributed by atoms with van der Waals surface area (Å²) in [5.41, 5.74) is 2.89. The molecular weight excluding hydrogens is 362 g/mol. The number of benzene rings is 2. The van der Waals surface area contributed by atoms with Crippen LogP contribution in [0.4, 0.5) is 0 Å². The Morgan fingerprint density at radius 3 is 2.76 bits per heavy atom. The van der Waals surface area contributed by atoms with Gasteiger partial charge in [0.05, 0.1) is 7.11 Å². The number of carbonyl (C=O) groups is 1. The molecule has 1 aliphatic heterocycles. The molecule has 5 nitrogen and oxygen atoms in total. The normalized spacial score (nSPS) is 18.1. The molecule has 3 aromatic rings. The molecular formula is C24H29N3O2. The van der Waals surface area contributed by atoms with E-state index in [4.69, 9.17) is 4.74 Å². The van der Waals surface area contributed by atoms with Crippen molar-refractivity contribution in [3.8, 4) is 5.75 Å². The number of aromatic amines is 1. The minimum atomic E-state index is 0.0712. The smallest absolute Gasteiger partial charge is 0.270 e. The van der Waals surface area contributed by atoms with E-state index in [1.807, 2.05) is 29.2 Å². The molecule has 0 aliphatic carbocycles. The van der Waals surface area contributed by atoms with E-state index >= 15 is 0 Å². The first-order chi connectivity index (χ1) is 14.1. The minimum Gasteiger partial charge on any atom is -0.497 e. The SMILES string of the molecule is CCN(C(=O)c1cc2ccc(OC)cc2[nH]1)[C@H]1CCN([C@H](C)c2ccccc2)C1. The van der Waals surface area contributed by atoms with Gasteiger partial charge in [-0.05, 0) is 44.0 Å². The number of H-pyrrole nitrogens is 1. The number of fused-ring (bicyclic) bond motifs is 1. The van der Waals surface area contributed by atoms with E-state index in [9.17, 15) is 4.79 Å². The highest BCUT2D eigenvalue weighted by atomic mass is 16.5. The molecule has 5 heteroatoms. The number of rotatable bonds is 6.